The van der Waals surface area contributed by atoms with E-state index < -0.39 is 6.04 Å². The van der Waals surface area contributed by atoms with Crippen LogP contribution in [-0.4, -0.2) is 33.0 Å². The van der Waals surface area contributed by atoms with Gasteiger partial charge in [-0.1, -0.05) is 55.4 Å². The number of carbonyl (C=O) groups is 2. The fraction of sp³-hybridized carbons (Fsp3) is 0.417. The summed E-state index contributed by atoms with van der Waals surface area (Å²) in [4.78, 5) is 44.4. The molecule has 0 aliphatic rings. The number of rotatable bonds is 10. The lowest BCUT2D eigenvalue weighted by molar-refractivity contribution is -0.125. The Morgan fingerprint density at radius 1 is 1.22 bits per heavy atom. The first-order valence-electron chi connectivity index (χ1n) is 10.8. The Labute approximate surface area is 196 Å². The predicted molar refractivity (Wildman–Crippen MR) is 132 cm³/mol. The Kier molecular flexibility index (Phi) is 8.26. The van der Waals surface area contributed by atoms with Crippen molar-refractivity contribution in [2.45, 2.75) is 64.7 Å². The predicted octanol–water partition coefficient (Wildman–Crippen LogP) is 4.28. The summed E-state index contributed by atoms with van der Waals surface area (Å²) in [6, 6.07) is 9.04. The highest BCUT2D eigenvalue weighted by atomic mass is 32.2. The van der Waals surface area contributed by atoms with Crippen LogP contribution < -0.4 is 10.9 Å². The number of amides is 1. The van der Waals surface area contributed by atoms with Crippen LogP contribution in [0, 0.1) is 13.8 Å². The maximum atomic E-state index is 13.2. The monoisotopic (exact) mass is 471 g/mol. The number of hydrogen-bond donors (Lipinski definition) is 1. The molecule has 1 aromatic carbocycles. The molecule has 32 heavy (non-hydrogen) atoms. The van der Waals surface area contributed by atoms with E-state index in [0.29, 0.717) is 28.3 Å². The van der Waals surface area contributed by atoms with E-state index in [-0.39, 0.29) is 23.0 Å². The second-order valence-electron chi connectivity index (χ2n) is 7.88. The minimum Gasteiger partial charge on any atom is -0.345 e. The number of hydrogen-bond acceptors (Lipinski definition) is 6. The van der Waals surface area contributed by atoms with Crippen LogP contribution in [-0.2, 0) is 22.6 Å². The van der Waals surface area contributed by atoms with Gasteiger partial charge in [0.2, 0.25) is 5.91 Å². The molecule has 0 aliphatic heterocycles. The molecule has 0 fully saturated rings. The van der Waals surface area contributed by atoms with Crippen molar-refractivity contribution >= 4 is 45.0 Å². The van der Waals surface area contributed by atoms with Crippen LogP contribution in [0.3, 0.4) is 0 Å². The molecule has 0 saturated carbocycles. The number of thioether (sulfide) groups is 1. The van der Waals surface area contributed by atoms with E-state index >= 15 is 0 Å². The van der Waals surface area contributed by atoms with Crippen molar-refractivity contribution < 1.29 is 9.59 Å². The first kappa shape index (κ1) is 24.2. The van der Waals surface area contributed by atoms with Gasteiger partial charge in [0.25, 0.3) is 5.56 Å². The zero-order valence-electron chi connectivity index (χ0n) is 18.9. The van der Waals surface area contributed by atoms with Gasteiger partial charge in [-0.05, 0) is 44.7 Å². The Bertz CT molecular complexity index is 1170. The molecule has 1 unspecified atom stereocenters. The Morgan fingerprint density at radius 2 is 1.94 bits per heavy atom. The van der Waals surface area contributed by atoms with Crippen LogP contribution >= 0.6 is 23.1 Å². The molecule has 0 aliphatic carbocycles. The van der Waals surface area contributed by atoms with Crippen molar-refractivity contribution in [2.24, 2.45) is 0 Å². The molecule has 2 heterocycles. The summed E-state index contributed by atoms with van der Waals surface area (Å²) in [6.45, 7) is 8.08. The molecule has 0 bridgehead atoms. The molecule has 170 valence electrons. The van der Waals surface area contributed by atoms with E-state index in [2.05, 4.69) is 12.2 Å². The fourth-order valence-corrected chi connectivity index (χ4v) is 5.35. The van der Waals surface area contributed by atoms with Gasteiger partial charge in [-0.3, -0.25) is 19.0 Å². The smallest absolute Gasteiger partial charge is 0.263 e. The van der Waals surface area contributed by atoms with Crippen LogP contribution in [0.1, 0.15) is 42.7 Å². The van der Waals surface area contributed by atoms with Crippen molar-refractivity contribution in [3.05, 3.63) is 56.7 Å². The summed E-state index contributed by atoms with van der Waals surface area (Å²) < 4.78 is 1.69. The number of aromatic nitrogens is 2. The first-order chi connectivity index (χ1) is 15.3. The maximum absolute atomic E-state index is 13.2. The third-order valence-electron chi connectivity index (χ3n) is 5.43. The van der Waals surface area contributed by atoms with Gasteiger partial charge < -0.3 is 5.32 Å². The van der Waals surface area contributed by atoms with Crippen LogP contribution in [0.2, 0.25) is 0 Å². The lowest BCUT2D eigenvalue weighted by Crippen LogP contribution is -2.42. The van der Waals surface area contributed by atoms with E-state index in [4.69, 9.17) is 4.98 Å². The highest BCUT2D eigenvalue weighted by Gasteiger charge is 2.20. The molecule has 3 aromatic rings. The number of unbranched alkanes of at least 4 members (excludes halogenated alkanes) is 1. The molecule has 1 atom stereocenters. The zero-order chi connectivity index (χ0) is 23.3. The van der Waals surface area contributed by atoms with Crippen LogP contribution in [0.4, 0.5) is 0 Å². The second-order valence-corrected chi connectivity index (χ2v) is 10.0. The minimum atomic E-state index is -0.578. The third-order valence-corrected chi connectivity index (χ3v) is 7.51. The molecule has 0 spiro atoms. The largest absolute Gasteiger partial charge is 0.345 e. The molecule has 1 amide bonds. The average Bonchev–Trinajstić information content (AvgIpc) is 3.05. The van der Waals surface area contributed by atoms with Crippen molar-refractivity contribution in [3.63, 3.8) is 0 Å². The highest BCUT2D eigenvalue weighted by Crippen LogP contribution is 2.28. The van der Waals surface area contributed by atoms with Gasteiger partial charge in [-0.15, -0.1) is 11.3 Å². The summed E-state index contributed by atoms with van der Waals surface area (Å²) in [6.07, 6.45) is 2.26. The number of ketones is 1. The summed E-state index contributed by atoms with van der Waals surface area (Å²) in [5, 5.41) is 4.07. The third kappa shape index (κ3) is 5.66. The average molecular weight is 472 g/mol. The lowest BCUT2D eigenvalue weighted by atomic mass is 10.0. The van der Waals surface area contributed by atoms with Crippen molar-refractivity contribution in [3.8, 4) is 0 Å². The number of fused-ring (bicyclic) bond motifs is 1. The van der Waals surface area contributed by atoms with Crippen LogP contribution in [0.5, 0.6) is 0 Å². The lowest BCUT2D eigenvalue weighted by Gasteiger charge is -2.16. The number of aryl methyl sites for hydroxylation is 2. The normalized spacial score (nSPS) is 12.1. The van der Waals surface area contributed by atoms with E-state index in [1.54, 1.807) is 4.57 Å². The van der Waals surface area contributed by atoms with E-state index in [1.807, 2.05) is 44.2 Å². The molecular formula is C24H29N3O3S2. The zero-order valence-corrected chi connectivity index (χ0v) is 20.6. The topological polar surface area (TPSA) is 81.1 Å². The highest BCUT2D eigenvalue weighted by molar-refractivity contribution is 7.99. The van der Waals surface area contributed by atoms with Gasteiger partial charge in [0.1, 0.15) is 4.83 Å². The minimum absolute atomic E-state index is 0.0427. The number of benzene rings is 1. The second kappa shape index (κ2) is 10.9. The molecule has 2 aromatic heterocycles. The van der Waals surface area contributed by atoms with Gasteiger partial charge in [0, 0.05) is 11.4 Å². The van der Waals surface area contributed by atoms with Crippen LogP contribution in [0.25, 0.3) is 10.2 Å². The van der Waals surface area contributed by atoms with E-state index in [1.165, 1.54) is 30.0 Å². The standard InChI is InChI=1S/C24H29N3O3S2/c1-5-6-12-27-23(30)21-15(2)17(4)32-22(21)26-24(27)31-14-20(29)25-19(16(3)28)13-18-10-8-7-9-11-18/h7-11,19H,5-6,12-14H2,1-4H3,(H,25,29). The summed E-state index contributed by atoms with van der Waals surface area (Å²) in [5.74, 6) is -0.247. The first-order valence-corrected chi connectivity index (χ1v) is 12.6. The van der Waals surface area contributed by atoms with Gasteiger partial charge in [0.05, 0.1) is 17.2 Å². The Hall–Kier alpha value is -2.45. The molecule has 8 heteroatoms. The van der Waals surface area contributed by atoms with Crippen molar-refractivity contribution in [2.75, 3.05) is 5.75 Å². The summed E-state index contributed by atoms with van der Waals surface area (Å²) >= 11 is 2.75. The number of Topliss-reactive ketones (excluding diaryl/α,β-unsaturated/α-hetero) is 1. The number of thiophene rings is 1. The van der Waals surface area contributed by atoms with Crippen molar-refractivity contribution in [1.29, 1.82) is 0 Å². The van der Waals surface area contributed by atoms with Gasteiger partial charge in [0.15, 0.2) is 10.9 Å². The molecule has 3 rings (SSSR count). The molecule has 1 N–H and O–H groups in total. The summed E-state index contributed by atoms with van der Waals surface area (Å²) in [7, 11) is 0. The SMILES string of the molecule is CCCCn1c(SCC(=O)NC(Cc2ccccc2)C(C)=O)nc2sc(C)c(C)c2c1=O. The Balaban J connectivity index is 1.77. The van der Waals surface area contributed by atoms with E-state index in [0.717, 1.165) is 28.8 Å². The summed E-state index contributed by atoms with van der Waals surface area (Å²) in [5.41, 5.74) is 1.93. The van der Waals surface area contributed by atoms with E-state index in [9.17, 15) is 14.4 Å². The molecule has 0 saturated heterocycles. The molecule has 0 radical (unpaired) electrons. The number of nitrogens with one attached hydrogen (secondary N) is 1. The molecule has 6 nitrogen and oxygen atoms in total. The van der Waals surface area contributed by atoms with Gasteiger partial charge in [-0.2, -0.15) is 0 Å². The maximum Gasteiger partial charge on any atom is 0.263 e. The molecular weight excluding hydrogens is 442 g/mol. The number of carbonyl (C=O) groups excluding carboxylic acids is 2. The fourth-order valence-electron chi connectivity index (χ4n) is 3.44. The quantitative estimate of drug-likeness (QED) is 0.353. The van der Waals surface area contributed by atoms with Gasteiger partial charge >= 0.3 is 0 Å². The number of nitrogens with zero attached hydrogens (tertiary/aromatic N) is 2. The van der Waals surface area contributed by atoms with Crippen molar-refractivity contribution in [1.82, 2.24) is 14.9 Å². The van der Waals surface area contributed by atoms with Crippen LogP contribution in [0.15, 0.2) is 40.3 Å². The van der Waals surface area contributed by atoms with Gasteiger partial charge in [-0.25, -0.2) is 4.98 Å². The Morgan fingerprint density at radius 3 is 2.59 bits per heavy atom.